The number of carbonyl (C=O) groups is 4. The van der Waals surface area contributed by atoms with Crippen LogP contribution in [0.25, 0.3) is 63.3 Å². The van der Waals surface area contributed by atoms with Crippen molar-refractivity contribution in [1.29, 1.82) is 0 Å². The monoisotopic (exact) mass is 1520 g/mol. The number of fused-ring (bicyclic) bond motifs is 2. The average Bonchev–Trinajstić information content (AvgIpc) is 1.73. The SMILES string of the molecule is CCCCCCOC(=O)CNc1ccc(/C=C2\C(=O)ON=C2C(C)(C)C)cc1.CCc1cc(/C=C/c2nc3ccccc3s2)c(=O)[nH]c1C.COC(=O)c1ccc(-n2c(/C=C/c3ccc(N(C)C)cc3)nc3ccccc3c2=O)cc1.O=C1ON=C(c2ccccc2)/C1=C/c1ccc(N(c2ccccc2)c2ccccc2)cc1. The lowest BCUT2D eigenvalue weighted by Gasteiger charge is -2.25. The van der Waals surface area contributed by atoms with Crippen molar-refractivity contribution in [3.05, 3.63) is 330 Å². The minimum Gasteiger partial charge on any atom is -0.465 e. The van der Waals surface area contributed by atoms with Crippen molar-refractivity contribution < 1.29 is 38.3 Å². The lowest BCUT2D eigenvalue weighted by molar-refractivity contribution is -0.141. The number of esters is 2. The van der Waals surface area contributed by atoms with Gasteiger partial charge in [0.1, 0.15) is 28.8 Å². The van der Waals surface area contributed by atoms with Gasteiger partial charge in [0.15, 0.2) is 0 Å². The van der Waals surface area contributed by atoms with Crippen LogP contribution in [0.3, 0.4) is 0 Å². The predicted molar refractivity (Wildman–Crippen MR) is 457 cm³/mol. The topological polar surface area (TPSA) is 229 Å². The van der Waals surface area contributed by atoms with E-state index >= 15 is 0 Å². The molecule has 20 heteroatoms. The summed E-state index contributed by atoms with van der Waals surface area (Å²) in [6, 6.07) is 77.6. The lowest BCUT2D eigenvalue weighted by atomic mass is 9.85. The second kappa shape index (κ2) is 38.8. The Hall–Kier alpha value is -13.5. The van der Waals surface area contributed by atoms with Crippen LogP contribution >= 0.6 is 11.3 Å². The molecule has 3 aromatic heterocycles. The Morgan fingerprint density at radius 1 is 0.593 bits per heavy atom. The molecular weight excluding hydrogens is 1440 g/mol. The summed E-state index contributed by atoms with van der Waals surface area (Å²) in [7, 11) is 5.32. The number of carbonyl (C=O) groups excluding carboxylic acids is 4. The first-order valence-electron chi connectivity index (χ1n) is 37.3. The van der Waals surface area contributed by atoms with Gasteiger partial charge in [-0.25, -0.2) is 24.4 Å². The predicted octanol–water partition coefficient (Wildman–Crippen LogP) is 19.5. The highest BCUT2D eigenvalue weighted by Crippen LogP contribution is 2.35. The van der Waals surface area contributed by atoms with Crippen molar-refractivity contribution >= 4 is 133 Å². The summed E-state index contributed by atoms with van der Waals surface area (Å²) < 4.78 is 12.7. The number of hydrogen-bond acceptors (Lipinski definition) is 18. The summed E-state index contributed by atoms with van der Waals surface area (Å²) >= 11 is 1.63. The summed E-state index contributed by atoms with van der Waals surface area (Å²) in [6.07, 6.45) is 16.3. The molecule has 0 fully saturated rings. The molecule has 2 aliphatic heterocycles. The van der Waals surface area contributed by atoms with Crippen LogP contribution in [0.4, 0.5) is 28.4 Å². The first-order chi connectivity index (χ1) is 54.7. The molecule has 12 aromatic rings. The summed E-state index contributed by atoms with van der Waals surface area (Å²) in [5.74, 6) is -1.07. The maximum atomic E-state index is 13.3. The average molecular weight is 1520 g/mol. The van der Waals surface area contributed by atoms with E-state index in [2.05, 4.69) is 74.7 Å². The van der Waals surface area contributed by atoms with Gasteiger partial charge >= 0.3 is 23.9 Å². The number of thiazole rings is 1. The van der Waals surface area contributed by atoms with Crippen LogP contribution in [0, 0.1) is 12.3 Å². The van der Waals surface area contributed by atoms with Gasteiger partial charge in [-0.05, 0) is 188 Å². The van der Waals surface area contributed by atoms with Gasteiger partial charge in [-0.3, -0.25) is 19.0 Å². The highest BCUT2D eigenvalue weighted by atomic mass is 32.1. The fourth-order valence-electron chi connectivity index (χ4n) is 12.2. The molecule has 0 atom stereocenters. The summed E-state index contributed by atoms with van der Waals surface area (Å²) in [5, 5.41) is 12.4. The molecule has 0 saturated carbocycles. The van der Waals surface area contributed by atoms with Crippen LogP contribution in [0.1, 0.15) is 121 Å². The number of H-pyrrole nitrogens is 1. The maximum Gasteiger partial charge on any atom is 0.368 e. The molecule has 9 aromatic carbocycles. The number of aromatic amines is 1. The molecular formula is C93H89N9O10S. The summed E-state index contributed by atoms with van der Waals surface area (Å²) in [5.41, 5.74) is 15.7. The van der Waals surface area contributed by atoms with Crippen LogP contribution < -0.4 is 26.2 Å². The van der Waals surface area contributed by atoms with Gasteiger partial charge in [-0.2, -0.15) is 0 Å². The number of nitrogens with zero attached hydrogens (tertiary/aromatic N) is 7. The first-order valence-corrected chi connectivity index (χ1v) is 38.1. The Balaban J connectivity index is 0.000000150. The van der Waals surface area contributed by atoms with Gasteiger partial charge in [0.2, 0.25) is 0 Å². The minimum atomic E-state index is -0.442. The molecule has 0 saturated heterocycles. The highest BCUT2D eigenvalue weighted by molar-refractivity contribution is 7.19. The molecule has 0 amide bonds. The zero-order valence-corrected chi connectivity index (χ0v) is 65.4. The molecule has 113 heavy (non-hydrogen) atoms. The number of ether oxygens (including phenoxy) is 2. The summed E-state index contributed by atoms with van der Waals surface area (Å²) in [6.45, 7) is 12.7. The Bertz CT molecular complexity index is 5560. The second-order valence-electron chi connectivity index (χ2n) is 27.6. The normalized spacial score (nSPS) is 13.1. The van der Waals surface area contributed by atoms with E-state index in [9.17, 15) is 28.8 Å². The van der Waals surface area contributed by atoms with Crippen molar-refractivity contribution in [2.45, 2.75) is 73.6 Å². The molecule has 14 rings (SSSR count). The number of aryl methyl sites for hydroxylation is 2. The van der Waals surface area contributed by atoms with E-state index in [1.807, 2.05) is 259 Å². The Morgan fingerprint density at radius 2 is 1.17 bits per heavy atom. The van der Waals surface area contributed by atoms with Crippen molar-refractivity contribution in [3.63, 3.8) is 0 Å². The number of rotatable bonds is 22. The molecule has 572 valence electrons. The van der Waals surface area contributed by atoms with Crippen LogP contribution in [0.15, 0.2) is 274 Å². The van der Waals surface area contributed by atoms with Gasteiger partial charge in [0, 0.05) is 64.8 Å². The van der Waals surface area contributed by atoms with Gasteiger partial charge in [-0.1, -0.05) is 198 Å². The number of anilines is 5. The zero-order valence-electron chi connectivity index (χ0n) is 64.6. The number of benzene rings is 9. The number of nitrogens with one attached hydrogen (secondary N) is 2. The molecule has 19 nitrogen and oxygen atoms in total. The fourth-order valence-corrected chi connectivity index (χ4v) is 13.1. The number of unbranched alkanes of at least 4 members (excludes halogenated alkanes) is 3. The molecule has 2 N–H and O–H groups in total. The largest absolute Gasteiger partial charge is 0.465 e. The Kier molecular flexibility index (Phi) is 27.6. The number of para-hydroxylation sites is 4. The Labute approximate surface area is 661 Å². The number of oxime groups is 2. The standard InChI is InChI=1S/C28H20N2O2.C26H23N3O3.C22H30N2O4.C17H16N2OS/c31-28-26(27(29-32-28)22-10-4-1-5-11-22)20-21-16-18-25(19-17-21)30(23-12-6-2-7-13-23)24-14-8-3-9-15-24;1-28(2)20-13-8-18(9-14-20)10-17-24-27-23-7-5-4-6-22(23)25(30)29(24)21-15-11-19(12-16-21)26(31)32-3;1-5-6-7-8-13-27-19(25)15-23-17-11-9-16(10-12-17)14-18-20(22(2,3)4)24-28-21(18)26;1-3-12-10-13(17(20)18-11(12)2)8-9-16-19-14-6-4-5-7-15(14)21-16/h1-20H;4-17H,1-3H3;9-12,14,23H,5-8,13,15H2,1-4H3;4-10H,3H2,1-2H3,(H,18,20)/b26-20-;17-10+;18-14-;9-8+. The third-order valence-electron chi connectivity index (χ3n) is 18.2. The van der Waals surface area contributed by atoms with Gasteiger partial charge in [0.25, 0.3) is 11.1 Å². The van der Waals surface area contributed by atoms with Crippen molar-refractivity contribution in [1.82, 2.24) is 19.5 Å². The van der Waals surface area contributed by atoms with Crippen molar-refractivity contribution in [2.24, 2.45) is 15.7 Å². The summed E-state index contributed by atoms with van der Waals surface area (Å²) in [4.78, 5) is 99.3. The fraction of sp³-hybridized carbons (Fsp3) is 0.183. The molecule has 0 radical (unpaired) electrons. The number of methoxy groups -OCH3 is 1. The third kappa shape index (κ3) is 21.5. The van der Waals surface area contributed by atoms with E-state index in [0.717, 1.165) is 97.3 Å². The van der Waals surface area contributed by atoms with Gasteiger partial charge in [0.05, 0.1) is 57.2 Å². The first kappa shape index (κ1) is 80.6. The van der Waals surface area contributed by atoms with Crippen LogP contribution in [0.5, 0.6) is 0 Å². The van der Waals surface area contributed by atoms with Gasteiger partial charge < -0.3 is 39.2 Å². The van der Waals surface area contributed by atoms with Gasteiger partial charge in [-0.15, -0.1) is 11.3 Å². The van der Waals surface area contributed by atoms with E-state index in [-0.39, 0.29) is 29.0 Å². The molecule has 0 unspecified atom stereocenters. The van der Waals surface area contributed by atoms with Crippen LogP contribution in [0.2, 0.25) is 0 Å². The zero-order chi connectivity index (χ0) is 79.8. The number of pyridine rings is 1. The Morgan fingerprint density at radius 3 is 1.80 bits per heavy atom. The third-order valence-corrected chi connectivity index (χ3v) is 19.2. The minimum absolute atomic E-state index is 0.0536. The number of aromatic nitrogens is 4. The van der Waals surface area contributed by atoms with Crippen LogP contribution in [-0.4, -0.2) is 89.2 Å². The highest BCUT2D eigenvalue weighted by Gasteiger charge is 2.34. The second-order valence-corrected chi connectivity index (χ2v) is 28.7. The van der Waals surface area contributed by atoms with Crippen molar-refractivity contribution in [3.8, 4) is 5.69 Å². The molecule has 5 heterocycles. The van der Waals surface area contributed by atoms with Crippen LogP contribution in [-0.2, 0) is 40.0 Å². The lowest BCUT2D eigenvalue weighted by Crippen LogP contribution is -2.22. The van der Waals surface area contributed by atoms with E-state index in [1.165, 1.54) is 19.1 Å². The quantitative estimate of drug-likeness (QED) is 0.0278. The van der Waals surface area contributed by atoms with E-state index in [0.29, 0.717) is 62.7 Å². The maximum absolute atomic E-state index is 13.3. The van der Waals surface area contributed by atoms with E-state index in [1.54, 1.807) is 52.3 Å². The number of hydrogen-bond donors (Lipinski definition) is 2. The molecule has 0 spiro atoms. The molecule has 2 aliphatic rings. The van der Waals surface area contributed by atoms with E-state index in [4.69, 9.17) is 24.1 Å². The molecule has 0 aliphatic carbocycles. The van der Waals surface area contributed by atoms with Crippen molar-refractivity contribution in [2.75, 3.05) is 49.5 Å². The van der Waals surface area contributed by atoms with E-state index < -0.39 is 17.9 Å². The molecule has 0 bridgehead atoms. The smallest absolute Gasteiger partial charge is 0.368 e.